The van der Waals surface area contributed by atoms with Crippen LogP contribution in [-0.2, 0) is 11.2 Å². The van der Waals surface area contributed by atoms with Gasteiger partial charge in [-0.1, -0.05) is 12.1 Å². The number of aliphatic hydroxyl groups is 1. The summed E-state index contributed by atoms with van der Waals surface area (Å²) in [5, 5.41) is 11.6. The molecule has 0 aliphatic heterocycles. The molecule has 0 unspecified atom stereocenters. The van der Waals surface area contributed by atoms with Crippen molar-refractivity contribution in [2.75, 3.05) is 6.61 Å². The van der Waals surface area contributed by atoms with Crippen molar-refractivity contribution in [1.82, 2.24) is 5.32 Å². The molecule has 0 radical (unpaired) electrons. The van der Waals surface area contributed by atoms with Gasteiger partial charge >= 0.3 is 0 Å². The number of hydrogen-bond acceptors (Lipinski definition) is 2. The zero-order valence-corrected chi connectivity index (χ0v) is 10.2. The fourth-order valence-corrected chi connectivity index (χ4v) is 1.60. The van der Waals surface area contributed by atoms with Crippen molar-refractivity contribution >= 4 is 5.91 Å². The molecule has 0 aromatic heterocycles. The Labute approximate surface area is 101 Å². The molecule has 0 spiro atoms. The predicted octanol–water partition coefficient (Wildman–Crippen LogP) is 1.65. The van der Waals surface area contributed by atoms with Crippen LogP contribution in [0.1, 0.15) is 25.8 Å². The molecule has 4 heteroatoms. The molecule has 0 aliphatic carbocycles. The van der Waals surface area contributed by atoms with Crippen LogP contribution in [0.15, 0.2) is 24.3 Å². The Kier molecular flexibility index (Phi) is 4.63. The van der Waals surface area contributed by atoms with E-state index in [0.717, 1.165) is 0 Å². The lowest BCUT2D eigenvalue weighted by molar-refractivity contribution is -0.122. The molecule has 17 heavy (non-hydrogen) atoms. The lowest BCUT2D eigenvalue weighted by Crippen LogP contribution is -2.44. The smallest absolute Gasteiger partial charge is 0.224 e. The van der Waals surface area contributed by atoms with Gasteiger partial charge in [0, 0.05) is 12.1 Å². The third-order valence-electron chi connectivity index (χ3n) is 2.47. The zero-order chi connectivity index (χ0) is 12.9. The molecule has 0 saturated heterocycles. The molecular formula is C13H18FNO2. The van der Waals surface area contributed by atoms with Gasteiger partial charge in [-0.3, -0.25) is 4.79 Å². The Balaban J connectivity index is 2.55. The van der Waals surface area contributed by atoms with Gasteiger partial charge in [-0.15, -0.1) is 0 Å². The second-order valence-electron chi connectivity index (χ2n) is 4.71. The van der Waals surface area contributed by atoms with Gasteiger partial charge in [0.15, 0.2) is 0 Å². The molecule has 2 N–H and O–H groups in total. The third-order valence-corrected chi connectivity index (χ3v) is 2.47. The first-order valence-corrected chi connectivity index (χ1v) is 5.59. The molecule has 0 heterocycles. The largest absolute Gasteiger partial charge is 0.396 e. The van der Waals surface area contributed by atoms with E-state index in [-0.39, 0.29) is 24.8 Å². The summed E-state index contributed by atoms with van der Waals surface area (Å²) in [4.78, 5) is 11.7. The van der Waals surface area contributed by atoms with Crippen molar-refractivity contribution in [3.63, 3.8) is 0 Å². The van der Waals surface area contributed by atoms with Crippen LogP contribution in [-0.4, -0.2) is 23.2 Å². The van der Waals surface area contributed by atoms with Gasteiger partial charge in [0.1, 0.15) is 5.82 Å². The molecule has 0 atom stereocenters. The highest BCUT2D eigenvalue weighted by molar-refractivity contribution is 5.79. The highest BCUT2D eigenvalue weighted by atomic mass is 19.1. The van der Waals surface area contributed by atoms with Gasteiger partial charge in [0.05, 0.1) is 6.42 Å². The summed E-state index contributed by atoms with van der Waals surface area (Å²) >= 11 is 0. The Morgan fingerprint density at radius 2 is 2.18 bits per heavy atom. The molecule has 1 amide bonds. The highest BCUT2D eigenvalue weighted by Gasteiger charge is 2.19. The Bertz CT molecular complexity index is 391. The number of amides is 1. The van der Waals surface area contributed by atoms with Gasteiger partial charge < -0.3 is 10.4 Å². The minimum Gasteiger partial charge on any atom is -0.396 e. The number of nitrogens with one attached hydrogen (secondary N) is 1. The van der Waals surface area contributed by atoms with Crippen LogP contribution < -0.4 is 5.32 Å². The van der Waals surface area contributed by atoms with E-state index in [1.54, 1.807) is 12.1 Å². The predicted molar refractivity (Wildman–Crippen MR) is 64.0 cm³/mol. The quantitative estimate of drug-likeness (QED) is 0.820. The fourth-order valence-electron chi connectivity index (χ4n) is 1.60. The Morgan fingerprint density at radius 3 is 2.76 bits per heavy atom. The maximum Gasteiger partial charge on any atom is 0.224 e. The van der Waals surface area contributed by atoms with Crippen LogP contribution in [0.3, 0.4) is 0 Å². The average Bonchev–Trinajstić information content (AvgIpc) is 2.15. The second kappa shape index (κ2) is 5.77. The van der Waals surface area contributed by atoms with Crippen LogP contribution in [0.5, 0.6) is 0 Å². The molecular weight excluding hydrogens is 221 g/mol. The summed E-state index contributed by atoms with van der Waals surface area (Å²) in [7, 11) is 0. The number of carbonyl (C=O) groups excluding carboxylic acids is 1. The Morgan fingerprint density at radius 1 is 1.47 bits per heavy atom. The van der Waals surface area contributed by atoms with E-state index in [4.69, 9.17) is 5.11 Å². The molecule has 3 nitrogen and oxygen atoms in total. The summed E-state index contributed by atoms with van der Waals surface area (Å²) in [5.74, 6) is -0.515. The normalized spacial score (nSPS) is 11.3. The standard InChI is InChI=1S/C13H18FNO2/c1-13(2,6-7-16)15-12(17)9-10-4-3-5-11(14)8-10/h3-5,8,16H,6-7,9H2,1-2H3,(H,15,17). The first-order valence-electron chi connectivity index (χ1n) is 5.59. The van der Waals surface area contributed by atoms with Gasteiger partial charge in [0.2, 0.25) is 5.91 Å². The van der Waals surface area contributed by atoms with E-state index < -0.39 is 5.54 Å². The van der Waals surface area contributed by atoms with Crippen LogP contribution in [0, 0.1) is 5.82 Å². The lowest BCUT2D eigenvalue weighted by Gasteiger charge is -2.25. The number of carbonyl (C=O) groups is 1. The summed E-state index contributed by atoms with van der Waals surface area (Å²) in [6, 6.07) is 5.98. The van der Waals surface area contributed by atoms with E-state index in [9.17, 15) is 9.18 Å². The van der Waals surface area contributed by atoms with Crippen molar-refractivity contribution in [1.29, 1.82) is 0 Å². The molecule has 1 aromatic rings. The first-order chi connectivity index (χ1) is 7.93. The molecule has 0 bridgehead atoms. The number of aliphatic hydroxyl groups excluding tert-OH is 1. The number of benzene rings is 1. The van der Waals surface area contributed by atoms with Gasteiger partial charge in [-0.2, -0.15) is 0 Å². The van der Waals surface area contributed by atoms with Gasteiger partial charge in [0.25, 0.3) is 0 Å². The minimum absolute atomic E-state index is 0.0211. The first kappa shape index (κ1) is 13.6. The maximum atomic E-state index is 12.9. The van der Waals surface area contributed by atoms with Crippen molar-refractivity contribution in [3.05, 3.63) is 35.6 Å². The van der Waals surface area contributed by atoms with Crippen molar-refractivity contribution in [2.45, 2.75) is 32.2 Å². The van der Waals surface area contributed by atoms with Crippen molar-refractivity contribution in [3.8, 4) is 0 Å². The third kappa shape index (κ3) is 4.95. The topological polar surface area (TPSA) is 49.3 Å². The summed E-state index contributed by atoms with van der Waals surface area (Å²) in [6.45, 7) is 3.70. The summed E-state index contributed by atoms with van der Waals surface area (Å²) in [6.07, 6.45) is 0.633. The molecule has 0 saturated carbocycles. The molecule has 94 valence electrons. The fraction of sp³-hybridized carbons (Fsp3) is 0.462. The number of rotatable bonds is 5. The second-order valence-corrected chi connectivity index (χ2v) is 4.71. The number of hydrogen-bond donors (Lipinski definition) is 2. The summed E-state index contributed by atoms with van der Waals surface area (Å²) in [5.41, 5.74) is 0.196. The zero-order valence-electron chi connectivity index (χ0n) is 10.2. The summed E-state index contributed by atoms with van der Waals surface area (Å²) < 4.78 is 12.9. The van der Waals surface area contributed by atoms with Crippen LogP contribution in [0.4, 0.5) is 4.39 Å². The molecule has 0 fully saturated rings. The van der Waals surface area contributed by atoms with E-state index in [2.05, 4.69) is 5.32 Å². The SMILES string of the molecule is CC(C)(CCO)NC(=O)Cc1cccc(F)c1. The molecule has 1 rings (SSSR count). The van der Waals surface area contributed by atoms with Crippen LogP contribution in [0.2, 0.25) is 0 Å². The average molecular weight is 239 g/mol. The van der Waals surface area contributed by atoms with E-state index in [0.29, 0.717) is 12.0 Å². The van der Waals surface area contributed by atoms with Crippen molar-refractivity contribution < 1.29 is 14.3 Å². The maximum absolute atomic E-state index is 12.9. The van der Waals surface area contributed by atoms with Gasteiger partial charge in [-0.05, 0) is 38.0 Å². The van der Waals surface area contributed by atoms with Crippen LogP contribution in [0.25, 0.3) is 0 Å². The lowest BCUT2D eigenvalue weighted by atomic mass is 10.0. The van der Waals surface area contributed by atoms with Crippen LogP contribution >= 0.6 is 0 Å². The molecule has 0 aliphatic rings. The molecule has 1 aromatic carbocycles. The van der Waals surface area contributed by atoms with E-state index >= 15 is 0 Å². The monoisotopic (exact) mass is 239 g/mol. The highest BCUT2D eigenvalue weighted by Crippen LogP contribution is 2.09. The minimum atomic E-state index is -0.445. The number of halogens is 1. The Hall–Kier alpha value is -1.42. The van der Waals surface area contributed by atoms with E-state index in [1.807, 2.05) is 13.8 Å². The van der Waals surface area contributed by atoms with E-state index in [1.165, 1.54) is 12.1 Å². The van der Waals surface area contributed by atoms with Crippen molar-refractivity contribution in [2.24, 2.45) is 0 Å². The van der Waals surface area contributed by atoms with Gasteiger partial charge in [-0.25, -0.2) is 4.39 Å².